The molecule has 0 aromatic carbocycles. The number of likely N-dealkylation sites (tertiary alicyclic amines) is 1. The predicted octanol–water partition coefficient (Wildman–Crippen LogP) is 0.888. The van der Waals surface area contributed by atoms with Crippen molar-refractivity contribution in [1.29, 1.82) is 0 Å². The molecule has 2 amide bonds. The van der Waals surface area contributed by atoms with Crippen LogP contribution in [0.4, 0.5) is 0 Å². The van der Waals surface area contributed by atoms with E-state index in [0.29, 0.717) is 25.8 Å². The van der Waals surface area contributed by atoms with Gasteiger partial charge >= 0.3 is 5.97 Å². The molecule has 6 heteroatoms. The van der Waals surface area contributed by atoms with Crippen LogP contribution < -0.4 is 5.73 Å². The van der Waals surface area contributed by atoms with Gasteiger partial charge in [-0.2, -0.15) is 0 Å². The Morgan fingerprint density at radius 2 is 1.80 bits per heavy atom. The van der Waals surface area contributed by atoms with Gasteiger partial charge in [0.05, 0.1) is 5.41 Å². The zero-order valence-electron chi connectivity index (χ0n) is 11.6. The lowest BCUT2D eigenvalue weighted by atomic mass is 9.82. The molecule has 0 aromatic heterocycles. The van der Waals surface area contributed by atoms with Gasteiger partial charge in [0.25, 0.3) is 0 Å². The summed E-state index contributed by atoms with van der Waals surface area (Å²) in [5.74, 6) is -1.62. The fourth-order valence-electron chi connectivity index (χ4n) is 3.43. The molecule has 1 aliphatic carbocycles. The van der Waals surface area contributed by atoms with E-state index in [0.717, 1.165) is 25.7 Å². The van der Waals surface area contributed by atoms with E-state index in [1.165, 1.54) is 4.90 Å². The van der Waals surface area contributed by atoms with Crippen molar-refractivity contribution in [3.8, 4) is 0 Å². The molecule has 1 saturated heterocycles. The highest BCUT2D eigenvalue weighted by atomic mass is 16.4. The topological polar surface area (TPSA) is 101 Å². The Bertz CT molecular complexity index is 415. The van der Waals surface area contributed by atoms with Crippen molar-refractivity contribution in [2.24, 2.45) is 11.1 Å². The van der Waals surface area contributed by atoms with Crippen LogP contribution in [0.5, 0.6) is 0 Å². The average Bonchev–Trinajstić information content (AvgIpc) is 2.88. The molecule has 1 atom stereocenters. The van der Waals surface area contributed by atoms with Gasteiger partial charge < -0.3 is 15.7 Å². The number of carboxylic acid groups (broad SMARTS) is 1. The Morgan fingerprint density at radius 3 is 2.35 bits per heavy atom. The number of hydrogen-bond donors (Lipinski definition) is 2. The number of primary amides is 1. The quantitative estimate of drug-likeness (QED) is 0.799. The first kappa shape index (κ1) is 14.8. The first-order valence-electron chi connectivity index (χ1n) is 7.28. The molecule has 2 aliphatic rings. The summed E-state index contributed by atoms with van der Waals surface area (Å²) in [5.41, 5.74) is 4.41. The lowest BCUT2D eigenvalue weighted by Gasteiger charge is -2.36. The van der Waals surface area contributed by atoms with Crippen molar-refractivity contribution in [2.75, 3.05) is 6.54 Å². The molecule has 0 aromatic rings. The highest BCUT2D eigenvalue weighted by Gasteiger charge is 2.45. The van der Waals surface area contributed by atoms with E-state index >= 15 is 0 Å². The smallest absolute Gasteiger partial charge is 0.310 e. The van der Waals surface area contributed by atoms with Gasteiger partial charge in [0.15, 0.2) is 0 Å². The summed E-state index contributed by atoms with van der Waals surface area (Å²) < 4.78 is 0. The minimum absolute atomic E-state index is 0.00782. The van der Waals surface area contributed by atoms with Crippen LogP contribution in [0.15, 0.2) is 0 Å². The molecule has 6 nitrogen and oxygen atoms in total. The number of hydrogen-bond acceptors (Lipinski definition) is 3. The van der Waals surface area contributed by atoms with Gasteiger partial charge in [0.1, 0.15) is 6.04 Å². The number of carboxylic acids is 1. The number of nitrogens with two attached hydrogens (primary N) is 1. The van der Waals surface area contributed by atoms with Crippen molar-refractivity contribution in [3.05, 3.63) is 0 Å². The third kappa shape index (κ3) is 2.78. The molecule has 1 saturated carbocycles. The maximum atomic E-state index is 12.4. The van der Waals surface area contributed by atoms with E-state index in [9.17, 15) is 19.5 Å². The van der Waals surface area contributed by atoms with Crippen LogP contribution in [0.1, 0.15) is 51.4 Å². The first-order valence-corrected chi connectivity index (χ1v) is 7.28. The van der Waals surface area contributed by atoms with Gasteiger partial charge in [-0.05, 0) is 32.1 Å². The fraction of sp³-hybridized carbons (Fsp3) is 0.786. The number of carbonyl (C=O) groups is 3. The molecule has 0 radical (unpaired) electrons. The van der Waals surface area contributed by atoms with E-state index in [1.807, 2.05) is 0 Å². The summed E-state index contributed by atoms with van der Waals surface area (Å²) in [5, 5.41) is 9.42. The normalized spacial score (nSPS) is 25.4. The van der Waals surface area contributed by atoms with Crippen LogP contribution in [-0.4, -0.2) is 40.4 Å². The Balaban J connectivity index is 2.09. The minimum Gasteiger partial charge on any atom is -0.481 e. The Hall–Kier alpha value is -1.59. The van der Waals surface area contributed by atoms with Gasteiger partial charge in [-0.15, -0.1) is 0 Å². The van der Waals surface area contributed by atoms with Gasteiger partial charge in [-0.25, -0.2) is 0 Å². The standard InChI is InChI=1S/C14H22N2O4/c15-12(18)10-5-1-4-8-16(10)11(17)9-14(13(19)20)6-2-3-7-14/h10H,1-9H2,(H2,15,18)(H,19,20). The van der Waals surface area contributed by atoms with E-state index in [4.69, 9.17) is 5.73 Å². The zero-order valence-corrected chi connectivity index (χ0v) is 11.6. The molecule has 1 unspecified atom stereocenters. The number of carbonyl (C=O) groups excluding carboxylic acids is 2. The first-order chi connectivity index (χ1) is 9.46. The Morgan fingerprint density at radius 1 is 1.15 bits per heavy atom. The van der Waals surface area contributed by atoms with Crippen molar-refractivity contribution >= 4 is 17.8 Å². The molecular formula is C14H22N2O4. The number of nitrogens with zero attached hydrogens (tertiary/aromatic N) is 1. The molecule has 112 valence electrons. The van der Waals surface area contributed by atoms with Crippen LogP contribution in [0.2, 0.25) is 0 Å². The van der Waals surface area contributed by atoms with E-state index < -0.39 is 23.3 Å². The number of rotatable bonds is 4. The number of piperidine rings is 1. The molecule has 2 rings (SSSR count). The largest absolute Gasteiger partial charge is 0.481 e. The Kier molecular flexibility index (Phi) is 4.30. The van der Waals surface area contributed by atoms with Crippen LogP contribution in [-0.2, 0) is 14.4 Å². The third-order valence-electron chi connectivity index (χ3n) is 4.66. The van der Waals surface area contributed by atoms with Crippen molar-refractivity contribution < 1.29 is 19.5 Å². The molecule has 2 fully saturated rings. The van der Waals surface area contributed by atoms with Gasteiger partial charge in [0.2, 0.25) is 11.8 Å². The summed E-state index contributed by atoms with van der Waals surface area (Å²) in [7, 11) is 0. The second-order valence-electron chi connectivity index (χ2n) is 5.97. The highest BCUT2D eigenvalue weighted by molar-refractivity contribution is 5.89. The number of amides is 2. The average molecular weight is 282 g/mol. The van der Waals surface area contributed by atoms with E-state index in [-0.39, 0.29) is 12.3 Å². The van der Waals surface area contributed by atoms with Crippen LogP contribution in [0.3, 0.4) is 0 Å². The molecule has 20 heavy (non-hydrogen) atoms. The molecule has 3 N–H and O–H groups in total. The summed E-state index contributed by atoms with van der Waals surface area (Å²) >= 11 is 0. The minimum atomic E-state index is -0.934. The maximum absolute atomic E-state index is 12.4. The second kappa shape index (κ2) is 5.81. The van der Waals surface area contributed by atoms with Crippen molar-refractivity contribution in [3.63, 3.8) is 0 Å². The monoisotopic (exact) mass is 282 g/mol. The predicted molar refractivity (Wildman–Crippen MR) is 71.7 cm³/mol. The third-order valence-corrected chi connectivity index (χ3v) is 4.66. The van der Waals surface area contributed by atoms with E-state index in [2.05, 4.69) is 0 Å². The second-order valence-corrected chi connectivity index (χ2v) is 5.97. The molecule has 0 bridgehead atoms. The lowest BCUT2D eigenvalue weighted by Crippen LogP contribution is -2.51. The van der Waals surface area contributed by atoms with Crippen LogP contribution >= 0.6 is 0 Å². The number of aliphatic carboxylic acids is 1. The summed E-state index contributed by atoms with van der Waals surface area (Å²) in [6.45, 7) is 0.502. The maximum Gasteiger partial charge on any atom is 0.310 e. The van der Waals surface area contributed by atoms with Crippen LogP contribution in [0, 0.1) is 5.41 Å². The summed E-state index contributed by atoms with van der Waals surface area (Å²) in [4.78, 5) is 36.9. The van der Waals surface area contributed by atoms with Gasteiger partial charge in [-0.3, -0.25) is 14.4 Å². The van der Waals surface area contributed by atoms with Crippen molar-refractivity contribution in [1.82, 2.24) is 4.90 Å². The molecular weight excluding hydrogens is 260 g/mol. The van der Waals surface area contributed by atoms with E-state index in [1.54, 1.807) is 0 Å². The lowest BCUT2D eigenvalue weighted by molar-refractivity contribution is -0.155. The molecule has 1 aliphatic heterocycles. The van der Waals surface area contributed by atoms with Gasteiger partial charge in [-0.1, -0.05) is 12.8 Å². The molecule has 1 heterocycles. The van der Waals surface area contributed by atoms with Crippen molar-refractivity contribution in [2.45, 2.75) is 57.4 Å². The fourth-order valence-corrected chi connectivity index (χ4v) is 3.43. The molecule has 0 spiro atoms. The van der Waals surface area contributed by atoms with Crippen LogP contribution in [0.25, 0.3) is 0 Å². The summed E-state index contributed by atoms with van der Waals surface area (Å²) in [6, 6.07) is -0.566. The van der Waals surface area contributed by atoms with Gasteiger partial charge in [0, 0.05) is 13.0 Å². The zero-order chi connectivity index (χ0) is 14.8. The SMILES string of the molecule is NC(=O)C1CCCCN1C(=O)CC1(C(=O)O)CCCC1. The highest BCUT2D eigenvalue weighted by Crippen LogP contribution is 2.42. The Labute approximate surface area is 118 Å². The summed E-state index contributed by atoms with van der Waals surface area (Å²) in [6.07, 6.45) is 5.08.